The molecule has 0 aromatic carbocycles. The lowest BCUT2D eigenvalue weighted by molar-refractivity contribution is -0.125. The van der Waals surface area contributed by atoms with Gasteiger partial charge in [-0.15, -0.1) is 11.3 Å². The van der Waals surface area contributed by atoms with Crippen LogP contribution < -0.4 is 16.0 Å². The Labute approximate surface area is 239 Å². The third-order valence-corrected chi connectivity index (χ3v) is 8.42. The highest BCUT2D eigenvalue weighted by Crippen LogP contribution is 2.45. The van der Waals surface area contributed by atoms with Crippen molar-refractivity contribution in [3.05, 3.63) is 34.0 Å². The second-order valence-corrected chi connectivity index (χ2v) is 12.8. The maximum atomic E-state index is 13.7. The van der Waals surface area contributed by atoms with Gasteiger partial charge in [0.1, 0.15) is 11.3 Å². The molecule has 2 aromatic heterocycles. The number of ether oxygens (including phenoxy) is 1. The molecule has 1 aliphatic carbocycles. The van der Waals surface area contributed by atoms with Gasteiger partial charge in [-0.2, -0.15) is 0 Å². The van der Waals surface area contributed by atoms with Crippen LogP contribution in [0.5, 0.6) is 0 Å². The van der Waals surface area contributed by atoms with Crippen LogP contribution in [0.4, 0.5) is 15.7 Å². The van der Waals surface area contributed by atoms with Crippen molar-refractivity contribution in [2.75, 3.05) is 37.3 Å². The smallest absolute Gasteiger partial charge is 0.410 e. The zero-order chi connectivity index (χ0) is 29.2. The molecule has 2 amide bonds. The summed E-state index contributed by atoms with van der Waals surface area (Å²) in [6.45, 7) is 11.2. The molecule has 1 aliphatic heterocycles. The summed E-state index contributed by atoms with van der Waals surface area (Å²) in [6.07, 6.45) is 6.08. The molecule has 0 radical (unpaired) electrons. The van der Waals surface area contributed by atoms with Crippen molar-refractivity contribution < 1.29 is 14.3 Å². The van der Waals surface area contributed by atoms with Gasteiger partial charge in [-0.05, 0) is 71.9 Å². The summed E-state index contributed by atoms with van der Waals surface area (Å²) in [7, 11) is 1.69. The fourth-order valence-corrected chi connectivity index (χ4v) is 6.61. The molecule has 0 saturated carbocycles. The summed E-state index contributed by atoms with van der Waals surface area (Å²) in [5, 5.41) is 12.2. The van der Waals surface area contributed by atoms with Gasteiger partial charge in [0.2, 0.25) is 11.9 Å². The standard InChI is InChI=1S/C28H40N8O3S/c1-17-16-35(26(38)39-27(2,3)4)13-8-14-36(17)25-32-12-10-19(33-25)22(29)34-24(37)28(5)11-7-9-20-21(28)18(15-31-6)23(30)40-20/h10,12,15,17H,7-9,11,13-14,16,30H2,1-6H3,(H2,29,34,37)/t17-,28-/m0/s1. The number of nitrogen functional groups attached to an aromatic ring is 1. The average Bonchev–Trinajstić information content (AvgIpc) is 3.07. The highest BCUT2D eigenvalue weighted by atomic mass is 32.1. The van der Waals surface area contributed by atoms with E-state index < -0.39 is 11.0 Å². The van der Waals surface area contributed by atoms with Crippen LogP contribution >= 0.6 is 11.3 Å². The van der Waals surface area contributed by atoms with E-state index in [0.29, 0.717) is 42.7 Å². The van der Waals surface area contributed by atoms with E-state index in [1.54, 1.807) is 30.4 Å². The molecule has 2 atom stereocenters. The fraction of sp³-hybridized carbons (Fsp3) is 0.571. The molecule has 2 aliphatic rings. The van der Waals surface area contributed by atoms with E-state index in [0.717, 1.165) is 35.3 Å². The van der Waals surface area contributed by atoms with E-state index in [9.17, 15) is 9.59 Å². The predicted molar refractivity (Wildman–Crippen MR) is 159 cm³/mol. The van der Waals surface area contributed by atoms with Gasteiger partial charge in [0.15, 0.2) is 5.84 Å². The highest BCUT2D eigenvalue weighted by molar-refractivity contribution is 7.16. The topological polar surface area (TPSA) is 150 Å². The molecule has 12 heteroatoms. The molecular formula is C28H40N8O3S. The lowest BCUT2D eigenvalue weighted by Crippen LogP contribution is -2.47. The number of thiophene rings is 1. The molecule has 11 nitrogen and oxygen atoms in total. The monoisotopic (exact) mass is 568 g/mol. The van der Waals surface area contributed by atoms with Crippen LogP contribution in [-0.4, -0.2) is 77.2 Å². The molecule has 4 N–H and O–H groups in total. The molecule has 0 unspecified atom stereocenters. The number of fused-ring (bicyclic) bond motifs is 1. The summed E-state index contributed by atoms with van der Waals surface area (Å²) in [4.78, 5) is 44.4. The van der Waals surface area contributed by atoms with Crippen LogP contribution in [0.25, 0.3) is 0 Å². The number of amidine groups is 1. The molecule has 1 fully saturated rings. The summed E-state index contributed by atoms with van der Waals surface area (Å²) >= 11 is 1.51. The average molecular weight is 569 g/mol. The molecule has 4 rings (SSSR count). The highest BCUT2D eigenvalue weighted by Gasteiger charge is 2.43. The van der Waals surface area contributed by atoms with Crippen molar-refractivity contribution in [3.8, 4) is 0 Å². The summed E-state index contributed by atoms with van der Waals surface area (Å²) < 4.78 is 5.57. The Morgan fingerprint density at radius 1 is 1.32 bits per heavy atom. The van der Waals surface area contributed by atoms with Crippen molar-refractivity contribution in [2.24, 2.45) is 4.99 Å². The molecule has 40 heavy (non-hydrogen) atoms. The third-order valence-electron chi connectivity index (χ3n) is 7.33. The number of carbonyl (C=O) groups excluding carboxylic acids is 2. The van der Waals surface area contributed by atoms with Crippen LogP contribution in [0.15, 0.2) is 17.3 Å². The van der Waals surface area contributed by atoms with Gasteiger partial charge < -0.3 is 25.6 Å². The number of anilines is 2. The molecule has 0 spiro atoms. The Kier molecular flexibility index (Phi) is 8.48. The van der Waals surface area contributed by atoms with Gasteiger partial charge in [-0.1, -0.05) is 0 Å². The number of nitrogens with one attached hydrogen (secondary N) is 2. The number of amides is 2. The first-order valence-electron chi connectivity index (χ1n) is 13.7. The van der Waals surface area contributed by atoms with Gasteiger partial charge in [0.05, 0.1) is 10.4 Å². The number of nitrogens with zero attached hydrogens (tertiary/aromatic N) is 5. The molecule has 2 aromatic rings. The molecule has 1 saturated heterocycles. The Morgan fingerprint density at radius 2 is 2.08 bits per heavy atom. The Balaban J connectivity index is 1.50. The Hall–Kier alpha value is -3.54. The minimum absolute atomic E-state index is 0.0729. The first kappa shape index (κ1) is 29.4. The minimum Gasteiger partial charge on any atom is -0.444 e. The van der Waals surface area contributed by atoms with Crippen LogP contribution in [0, 0.1) is 5.41 Å². The fourth-order valence-electron chi connectivity index (χ4n) is 5.40. The maximum absolute atomic E-state index is 13.7. The van der Waals surface area contributed by atoms with E-state index in [1.165, 1.54) is 11.3 Å². The maximum Gasteiger partial charge on any atom is 0.410 e. The van der Waals surface area contributed by atoms with E-state index in [1.807, 2.05) is 39.5 Å². The van der Waals surface area contributed by atoms with E-state index in [4.69, 9.17) is 15.9 Å². The number of carbonyl (C=O) groups is 2. The quantitative estimate of drug-likeness (QED) is 0.376. The van der Waals surface area contributed by atoms with Crippen molar-refractivity contribution in [3.63, 3.8) is 0 Å². The van der Waals surface area contributed by atoms with Gasteiger partial charge >= 0.3 is 6.09 Å². The van der Waals surface area contributed by atoms with Crippen molar-refractivity contribution in [2.45, 2.75) is 77.4 Å². The summed E-state index contributed by atoms with van der Waals surface area (Å²) in [5.41, 5.74) is 6.91. The predicted octanol–water partition coefficient (Wildman–Crippen LogP) is 3.74. The van der Waals surface area contributed by atoms with Crippen molar-refractivity contribution in [1.29, 1.82) is 5.41 Å². The van der Waals surface area contributed by atoms with Crippen LogP contribution in [0.3, 0.4) is 0 Å². The molecule has 0 bridgehead atoms. The van der Waals surface area contributed by atoms with E-state index in [2.05, 4.69) is 20.3 Å². The number of aliphatic imine (C=N–C) groups is 1. The van der Waals surface area contributed by atoms with Crippen LogP contribution in [-0.2, 0) is 21.4 Å². The second-order valence-electron chi connectivity index (χ2n) is 11.6. The first-order chi connectivity index (χ1) is 18.8. The normalized spacial score (nSPS) is 21.6. The molecular weight excluding hydrogens is 528 g/mol. The minimum atomic E-state index is -0.842. The largest absolute Gasteiger partial charge is 0.444 e. The lowest BCUT2D eigenvalue weighted by Gasteiger charge is -2.33. The van der Waals surface area contributed by atoms with Crippen LogP contribution in [0.2, 0.25) is 0 Å². The summed E-state index contributed by atoms with van der Waals surface area (Å²) in [6, 6.07) is 1.55. The zero-order valence-corrected chi connectivity index (χ0v) is 25.0. The lowest BCUT2D eigenvalue weighted by atomic mass is 9.72. The van der Waals surface area contributed by atoms with Crippen molar-refractivity contribution in [1.82, 2.24) is 20.2 Å². The molecule has 3 heterocycles. The first-order valence-corrected chi connectivity index (χ1v) is 14.5. The van der Waals surface area contributed by atoms with Crippen molar-refractivity contribution >= 4 is 46.3 Å². The number of hydrogen-bond donors (Lipinski definition) is 3. The van der Waals surface area contributed by atoms with Crippen LogP contribution in [0.1, 0.15) is 75.6 Å². The zero-order valence-electron chi connectivity index (χ0n) is 24.2. The number of aromatic nitrogens is 2. The number of hydrogen-bond acceptors (Lipinski definition) is 10. The number of rotatable bonds is 4. The van der Waals surface area contributed by atoms with E-state index in [-0.39, 0.29) is 23.9 Å². The van der Waals surface area contributed by atoms with Gasteiger partial charge in [-0.25, -0.2) is 14.8 Å². The summed E-state index contributed by atoms with van der Waals surface area (Å²) in [5.74, 6) is 0.0975. The third kappa shape index (κ3) is 6.11. The van der Waals surface area contributed by atoms with Gasteiger partial charge in [-0.3, -0.25) is 15.2 Å². The Morgan fingerprint density at radius 3 is 2.77 bits per heavy atom. The van der Waals surface area contributed by atoms with Gasteiger partial charge in [0.25, 0.3) is 0 Å². The number of aryl methyl sites for hydroxylation is 1. The molecule has 216 valence electrons. The SMILES string of the molecule is CN=Cc1c(N)sc2c1[C@@](C)(C(=O)NC(=N)c1ccnc(N3CCCN(C(=O)OC(C)(C)C)C[C@@H]3C)n1)CCC2. The number of nitrogens with two attached hydrogens (primary N) is 1. The second kappa shape index (κ2) is 11.5. The Bertz CT molecular complexity index is 1320. The van der Waals surface area contributed by atoms with Gasteiger partial charge in [0, 0.05) is 55.6 Å². The van der Waals surface area contributed by atoms with E-state index >= 15 is 0 Å².